The Morgan fingerprint density at radius 3 is 2.45 bits per heavy atom. The Morgan fingerprint density at radius 1 is 1.07 bits per heavy atom. The molecule has 0 radical (unpaired) electrons. The molecule has 3 heterocycles. The van der Waals surface area contributed by atoms with Gasteiger partial charge in [0.2, 0.25) is 5.91 Å². The Bertz CT molecular complexity index is 1200. The number of para-hydroxylation sites is 1. The highest BCUT2D eigenvalue weighted by Crippen LogP contribution is 2.20. The molecule has 0 aliphatic carbocycles. The maximum absolute atomic E-state index is 12.8. The van der Waals surface area contributed by atoms with Crippen molar-refractivity contribution < 1.29 is 4.79 Å². The summed E-state index contributed by atoms with van der Waals surface area (Å²) in [5.74, 6) is -0.227. The second kappa shape index (κ2) is 7.23. The quantitative estimate of drug-likeness (QED) is 0.627. The number of nitrogens with zero attached hydrogens (tertiary/aromatic N) is 6. The van der Waals surface area contributed by atoms with Gasteiger partial charge in [-0.25, -0.2) is 14.3 Å². The van der Waals surface area contributed by atoms with Crippen molar-refractivity contribution in [2.75, 3.05) is 31.1 Å². The lowest BCUT2D eigenvalue weighted by molar-refractivity contribution is -0.132. The molecule has 9 heteroatoms. The van der Waals surface area contributed by atoms with Crippen molar-refractivity contribution >= 4 is 22.8 Å². The number of hydrogen-bond donors (Lipinski definition) is 0. The van der Waals surface area contributed by atoms with Crippen LogP contribution in [0.5, 0.6) is 0 Å². The van der Waals surface area contributed by atoms with E-state index < -0.39 is 11.2 Å². The smallest absolute Gasteiger partial charge is 0.332 e. The van der Waals surface area contributed by atoms with Crippen LogP contribution in [0.2, 0.25) is 0 Å². The average molecular weight is 396 g/mol. The van der Waals surface area contributed by atoms with Gasteiger partial charge in [-0.15, -0.1) is 0 Å². The summed E-state index contributed by atoms with van der Waals surface area (Å²) in [4.78, 5) is 46.3. The van der Waals surface area contributed by atoms with E-state index in [1.807, 2.05) is 12.1 Å². The molecule has 9 nitrogen and oxygen atoms in total. The summed E-state index contributed by atoms with van der Waals surface area (Å²) < 4.78 is 3.87. The zero-order chi connectivity index (χ0) is 20.7. The molecular weight excluding hydrogens is 372 g/mol. The van der Waals surface area contributed by atoms with Gasteiger partial charge in [0.15, 0.2) is 11.2 Å². The SMILES string of the molecule is Cc1ccccc1N1CCN(C(=O)Cn2c(=O)c3c(ncn3C)n(C)c2=O)CC1. The van der Waals surface area contributed by atoms with E-state index in [1.54, 1.807) is 23.6 Å². The molecule has 1 aliphatic heterocycles. The third kappa shape index (κ3) is 3.22. The lowest BCUT2D eigenvalue weighted by Crippen LogP contribution is -2.51. The van der Waals surface area contributed by atoms with Crippen LogP contribution >= 0.6 is 0 Å². The number of aryl methyl sites for hydroxylation is 3. The first kappa shape index (κ1) is 19.0. The molecule has 2 aromatic heterocycles. The monoisotopic (exact) mass is 396 g/mol. The van der Waals surface area contributed by atoms with Crippen LogP contribution < -0.4 is 16.1 Å². The number of carbonyl (C=O) groups is 1. The summed E-state index contributed by atoms with van der Waals surface area (Å²) in [5, 5.41) is 0. The Balaban J connectivity index is 1.53. The van der Waals surface area contributed by atoms with E-state index in [2.05, 4.69) is 28.9 Å². The number of imidazole rings is 1. The molecular formula is C20H24N6O3. The van der Waals surface area contributed by atoms with E-state index in [0.29, 0.717) is 37.3 Å². The molecule has 1 aliphatic rings. The van der Waals surface area contributed by atoms with Crippen LogP contribution in [-0.2, 0) is 25.4 Å². The van der Waals surface area contributed by atoms with Crippen molar-refractivity contribution in [3.05, 3.63) is 57.0 Å². The highest BCUT2D eigenvalue weighted by atomic mass is 16.2. The standard InChI is InChI=1S/C20H24N6O3/c1-14-6-4-5-7-15(14)24-8-10-25(11-9-24)16(27)12-26-19(28)17-18(21-13-22(17)2)23(3)20(26)29/h4-7,13H,8-12H2,1-3H3. The predicted molar refractivity (Wildman–Crippen MR) is 110 cm³/mol. The molecule has 3 aromatic rings. The number of amides is 1. The van der Waals surface area contributed by atoms with Crippen molar-refractivity contribution in [2.24, 2.45) is 14.1 Å². The number of piperazine rings is 1. The molecule has 0 N–H and O–H groups in total. The second-order valence-corrected chi connectivity index (χ2v) is 7.41. The molecule has 0 unspecified atom stereocenters. The molecule has 1 saturated heterocycles. The summed E-state index contributed by atoms with van der Waals surface area (Å²) in [6, 6.07) is 8.18. The summed E-state index contributed by atoms with van der Waals surface area (Å²) in [6.45, 7) is 4.33. The molecule has 29 heavy (non-hydrogen) atoms. The van der Waals surface area contributed by atoms with Gasteiger partial charge >= 0.3 is 5.69 Å². The fraction of sp³-hybridized carbons (Fsp3) is 0.400. The van der Waals surface area contributed by atoms with Crippen molar-refractivity contribution in [1.82, 2.24) is 23.6 Å². The molecule has 0 saturated carbocycles. The van der Waals surface area contributed by atoms with E-state index >= 15 is 0 Å². The Morgan fingerprint density at radius 2 is 1.76 bits per heavy atom. The fourth-order valence-electron chi connectivity index (χ4n) is 3.89. The summed E-state index contributed by atoms with van der Waals surface area (Å²) in [5.41, 5.74) is 1.98. The minimum absolute atomic E-state index is 0.227. The Kier molecular flexibility index (Phi) is 4.73. The zero-order valence-corrected chi connectivity index (χ0v) is 16.8. The average Bonchev–Trinajstić information content (AvgIpc) is 3.12. The summed E-state index contributed by atoms with van der Waals surface area (Å²) >= 11 is 0. The highest BCUT2D eigenvalue weighted by Gasteiger charge is 2.24. The predicted octanol–water partition coefficient (Wildman–Crippen LogP) is 0.0909. The fourth-order valence-corrected chi connectivity index (χ4v) is 3.89. The number of rotatable bonds is 3. The maximum atomic E-state index is 12.8. The third-order valence-corrected chi connectivity index (χ3v) is 5.58. The first-order valence-electron chi connectivity index (χ1n) is 9.57. The third-order valence-electron chi connectivity index (χ3n) is 5.58. The van der Waals surface area contributed by atoms with E-state index in [-0.39, 0.29) is 12.5 Å². The van der Waals surface area contributed by atoms with Crippen molar-refractivity contribution in [3.63, 3.8) is 0 Å². The topological polar surface area (TPSA) is 85.4 Å². The molecule has 152 valence electrons. The van der Waals surface area contributed by atoms with Crippen LogP contribution in [0.3, 0.4) is 0 Å². The number of hydrogen-bond acceptors (Lipinski definition) is 5. The van der Waals surface area contributed by atoms with Crippen LogP contribution in [0.25, 0.3) is 11.2 Å². The number of benzene rings is 1. The number of fused-ring (bicyclic) bond motifs is 1. The van der Waals surface area contributed by atoms with E-state index in [9.17, 15) is 14.4 Å². The van der Waals surface area contributed by atoms with Crippen LogP contribution in [0.4, 0.5) is 5.69 Å². The summed E-state index contributed by atoms with van der Waals surface area (Å²) in [6.07, 6.45) is 1.49. The van der Waals surface area contributed by atoms with Gasteiger partial charge in [-0.1, -0.05) is 18.2 Å². The number of anilines is 1. The first-order valence-corrected chi connectivity index (χ1v) is 9.57. The van der Waals surface area contributed by atoms with Crippen LogP contribution in [-0.4, -0.2) is 55.7 Å². The van der Waals surface area contributed by atoms with E-state index in [1.165, 1.54) is 22.1 Å². The zero-order valence-electron chi connectivity index (χ0n) is 16.8. The van der Waals surface area contributed by atoms with Crippen LogP contribution in [0, 0.1) is 6.92 Å². The van der Waals surface area contributed by atoms with Gasteiger partial charge in [0, 0.05) is 46.0 Å². The molecule has 1 fully saturated rings. The summed E-state index contributed by atoms with van der Waals surface area (Å²) in [7, 11) is 3.25. The van der Waals surface area contributed by atoms with Crippen molar-refractivity contribution in [2.45, 2.75) is 13.5 Å². The van der Waals surface area contributed by atoms with Gasteiger partial charge in [0.25, 0.3) is 5.56 Å². The molecule has 1 amide bonds. The largest absolute Gasteiger partial charge is 0.368 e. The minimum Gasteiger partial charge on any atom is -0.368 e. The Labute approximate surface area is 167 Å². The van der Waals surface area contributed by atoms with Gasteiger partial charge in [-0.2, -0.15) is 0 Å². The van der Waals surface area contributed by atoms with Crippen molar-refractivity contribution in [3.8, 4) is 0 Å². The maximum Gasteiger partial charge on any atom is 0.332 e. The van der Waals surface area contributed by atoms with Gasteiger partial charge in [0.05, 0.1) is 6.33 Å². The lowest BCUT2D eigenvalue weighted by atomic mass is 10.1. The molecule has 0 atom stereocenters. The number of aromatic nitrogens is 4. The minimum atomic E-state index is -0.534. The molecule has 4 rings (SSSR count). The van der Waals surface area contributed by atoms with Gasteiger partial charge in [0.1, 0.15) is 6.54 Å². The first-order chi connectivity index (χ1) is 13.9. The lowest BCUT2D eigenvalue weighted by Gasteiger charge is -2.36. The van der Waals surface area contributed by atoms with Gasteiger partial charge < -0.3 is 14.4 Å². The van der Waals surface area contributed by atoms with E-state index in [4.69, 9.17) is 0 Å². The molecule has 0 spiro atoms. The van der Waals surface area contributed by atoms with E-state index in [0.717, 1.165) is 4.57 Å². The van der Waals surface area contributed by atoms with Crippen LogP contribution in [0.1, 0.15) is 5.56 Å². The van der Waals surface area contributed by atoms with Gasteiger partial charge in [-0.05, 0) is 18.6 Å². The van der Waals surface area contributed by atoms with Crippen LogP contribution in [0.15, 0.2) is 40.2 Å². The molecule has 1 aromatic carbocycles. The normalized spacial score (nSPS) is 14.6. The Hall–Kier alpha value is -3.36. The number of carbonyl (C=O) groups excluding carboxylic acids is 1. The van der Waals surface area contributed by atoms with Crippen molar-refractivity contribution in [1.29, 1.82) is 0 Å². The molecule has 0 bridgehead atoms. The second-order valence-electron chi connectivity index (χ2n) is 7.41. The van der Waals surface area contributed by atoms with Gasteiger partial charge in [-0.3, -0.25) is 14.2 Å². The highest BCUT2D eigenvalue weighted by molar-refractivity contribution is 5.77.